The van der Waals surface area contributed by atoms with Gasteiger partial charge in [-0.15, -0.1) is 0 Å². The number of carbonyl (C=O) groups is 4. The molecule has 5 unspecified atom stereocenters. The van der Waals surface area contributed by atoms with Gasteiger partial charge in [0.15, 0.2) is 0 Å². The van der Waals surface area contributed by atoms with E-state index in [2.05, 4.69) is 41.2 Å². The highest BCUT2D eigenvalue weighted by Gasteiger charge is 2.31. The molecule has 0 spiro atoms. The van der Waals surface area contributed by atoms with Crippen LogP contribution in [-0.4, -0.2) is 64.5 Å². The van der Waals surface area contributed by atoms with E-state index < -0.39 is 47.9 Å². The summed E-state index contributed by atoms with van der Waals surface area (Å²) in [7, 11) is 0. The topological polar surface area (TPSA) is 151 Å². The number of hydrogen-bond donors (Lipinski definition) is 7. The highest BCUT2D eigenvalue weighted by molar-refractivity contribution is 7.80. The molecule has 0 fully saturated rings. The number of aliphatic carboxylic acids is 1. The predicted molar refractivity (Wildman–Crippen MR) is 118 cm³/mol. The predicted octanol–water partition coefficient (Wildman–Crippen LogP) is -0.195. The highest BCUT2D eigenvalue weighted by Crippen LogP contribution is 2.10. The molecule has 29 heavy (non-hydrogen) atoms. The van der Waals surface area contributed by atoms with Crippen molar-refractivity contribution in [2.45, 2.75) is 64.7 Å². The molecule has 0 aliphatic heterocycles. The molecular weight excluding hydrogens is 416 g/mol. The number of carbonyl (C=O) groups excluding carboxylic acids is 3. The van der Waals surface area contributed by atoms with E-state index >= 15 is 0 Å². The SMILES string of the molecule is CCC(C)C(NC(=O)C(N)CC(C)C)C(=O)NC(CS)C(=O)NC(CS)C(=O)O. The van der Waals surface area contributed by atoms with E-state index in [1.807, 2.05) is 20.8 Å². The van der Waals surface area contributed by atoms with Gasteiger partial charge >= 0.3 is 5.97 Å². The smallest absolute Gasteiger partial charge is 0.327 e. The highest BCUT2D eigenvalue weighted by atomic mass is 32.1. The van der Waals surface area contributed by atoms with E-state index in [1.54, 1.807) is 6.92 Å². The molecule has 0 aromatic heterocycles. The van der Waals surface area contributed by atoms with Gasteiger partial charge in [0.05, 0.1) is 6.04 Å². The average molecular weight is 451 g/mol. The van der Waals surface area contributed by atoms with Crippen molar-refractivity contribution >= 4 is 48.9 Å². The number of amides is 3. The summed E-state index contributed by atoms with van der Waals surface area (Å²) in [4.78, 5) is 48.5. The maximum Gasteiger partial charge on any atom is 0.327 e. The average Bonchev–Trinajstić information content (AvgIpc) is 2.66. The summed E-state index contributed by atoms with van der Waals surface area (Å²) in [6, 6.07) is -3.89. The summed E-state index contributed by atoms with van der Waals surface area (Å²) in [5, 5.41) is 16.5. The first-order valence-corrected chi connectivity index (χ1v) is 10.9. The van der Waals surface area contributed by atoms with Crippen molar-refractivity contribution in [3.05, 3.63) is 0 Å². The summed E-state index contributed by atoms with van der Waals surface area (Å²) >= 11 is 7.96. The van der Waals surface area contributed by atoms with Crippen LogP contribution in [-0.2, 0) is 19.2 Å². The van der Waals surface area contributed by atoms with E-state index in [0.717, 1.165) is 0 Å². The number of thiol groups is 2. The second kappa shape index (κ2) is 13.7. The molecule has 0 aromatic rings. The number of nitrogens with two attached hydrogens (primary N) is 1. The Morgan fingerprint density at radius 2 is 1.41 bits per heavy atom. The number of carboxylic acid groups (broad SMARTS) is 1. The van der Waals surface area contributed by atoms with Crippen molar-refractivity contribution in [3.8, 4) is 0 Å². The molecule has 6 N–H and O–H groups in total. The zero-order valence-corrected chi connectivity index (χ0v) is 19.1. The molecule has 3 amide bonds. The van der Waals surface area contributed by atoms with Crippen molar-refractivity contribution in [1.29, 1.82) is 0 Å². The Hall–Kier alpha value is -1.46. The largest absolute Gasteiger partial charge is 0.480 e. The quantitative estimate of drug-likeness (QED) is 0.193. The van der Waals surface area contributed by atoms with Crippen molar-refractivity contribution in [3.63, 3.8) is 0 Å². The van der Waals surface area contributed by atoms with Gasteiger partial charge in [0.25, 0.3) is 0 Å². The van der Waals surface area contributed by atoms with Gasteiger partial charge in [-0.1, -0.05) is 34.1 Å². The van der Waals surface area contributed by atoms with E-state index in [-0.39, 0.29) is 23.3 Å². The van der Waals surface area contributed by atoms with Crippen LogP contribution in [0.2, 0.25) is 0 Å². The van der Waals surface area contributed by atoms with Crippen LogP contribution in [0, 0.1) is 11.8 Å². The molecule has 9 nitrogen and oxygen atoms in total. The van der Waals surface area contributed by atoms with Crippen molar-refractivity contribution in [2.75, 3.05) is 11.5 Å². The molecule has 0 bridgehead atoms. The second-order valence-corrected chi connectivity index (χ2v) is 8.16. The number of nitrogens with one attached hydrogen (secondary N) is 3. The third-order valence-electron chi connectivity index (χ3n) is 4.47. The first-order valence-electron chi connectivity index (χ1n) is 9.59. The van der Waals surface area contributed by atoms with E-state index in [9.17, 15) is 19.2 Å². The Morgan fingerprint density at radius 3 is 1.83 bits per heavy atom. The molecular formula is C18H34N4O5S2. The molecule has 168 valence electrons. The van der Waals surface area contributed by atoms with E-state index in [0.29, 0.717) is 12.8 Å². The maximum atomic E-state index is 12.8. The molecule has 0 aliphatic carbocycles. The normalized spacial score (nSPS) is 16.3. The van der Waals surface area contributed by atoms with Crippen LogP contribution in [0.1, 0.15) is 40.5 Å². The van der Waals surface area contributed by atoms with Crippen LogP contribution < -0.4 is 21.7 Å². The molecule has 0 aromatic carbocycles. The molecule has 0 saturated heterocycles. The standard InChI is InChI=1S/C18H34N4O5S2/c1-5-10(4)14(22-15(23)11(19)6-9(2)3)17(25)20-12(7-28)16(24)21-13(8-29)18(26)27/h9-14,28-29H,5-8,19H2,1-4H3,(H,20,25)(H,21,24)(H,22,23)(H,26,27). The lowest BCUT2D eigenvalue weighted by atomic mass is 9.96. The van der Waals surface area contributed by atoms with Crippen molar-refractivity contribution in [1.82, 2.24) is 16.0 Å². The summed E-state index contributed by atoms with van der Waals surface area (Å²) in [5.41, 5.74) is 5.90. The summed E-state index contributed by atoms with van der Waals surface area (Å²) in [6.07, 6.45) is 1.08. The van der Waals surface area contributed by atoms with Gasteiger partial charge < -0.3 is 26.8 Å². The molecule has 0 saturated carbocycles. The zero-order chi connectivity index (χ0) is 22.7. The fraction of sp³-hybridized carbons (Fsp3) is 0.778. The van der Waals surface area contributed by atoms with Gasteiger partial charge in [0, 0.05) is 11.5 Å². The number of hydrogen-bond acceptors (Lipinski definition) is 7. The third kappa shape index (κ3) is 9.72. The molecule has 0 rings (SSSR count). The summed E-state index contributed by atoms with van der Waals surface area (Å²) in [5.74, 6) is -3.07. The summed E-state index contributed by atoms with van der Waals surface area (Å²) < 4.78 is 0. The molecule has 0 heterocycles. The third-order valence-corrected chi connectivity index (χ3v) is 5.20. The van der Waals surface area contributed by atoms with Crippen LogP contribution in [0.3, 0.4) is 0 Å². The minimum absolute atomic E-state index is 0.0511. The van der Waals surface area contributed by atoms with Gasteiger partial charge in [-0.2, -0.15) is 25.3 Å². The monoisotopic (exact) mass is 450 g/mol. The van der Waals surface area contributed by atoms with Crippen LogP contribution in [0.5, 0.6) is 0 Å². The Morgan fingerprint density at radius 1 is 0.897 bits per heavy atom. The van der Waals surface area contributed by atoms with Crippen molar-refractivity contribution < 1.29 is 24.3 Å². The van der Waals surface area contributed by atoms with Gasteiger partial charge in [-0.3, -0.25) is 14.4 Å². The van der Waals surface area contributed by atoms with E-state index in [1.165, 1.54) is 0 Å². The molecule has 5 atom stereocenters. The Balaban J connectivity index is 5.21. The first kappa shape index (κ1) is 27.5. The van der Waals surface area contributed by atoms with Crippen molar-refractivity contribution in [2.24, 2.45) is 17.6 Å². The van der Waals surface area contributed by atoms with Crippen LogP contribution in [0.25, 0.3) is 0 Å². The number of carboxylic acids is 1. The van der Waals surface area contributed by atoms with E-state index in [4.69, 9.17) is 10.8 Å². The van der Waals surface area contributed by atoms with Crippen LogP contribution >= 0.6 is 25.3 Å². The molecule has 0 aliphatic rings. The second-order valence-electron chi connectivity index (χ2n) is 7.43. The Kier molecular flexibility index (Phi) is 13.0. The van der Waals surface area contributed by atoms with Gasteiger partial charge in [0.1, 0.15) is 18.1 Å². The van der Waals surface area contributed by atoms with Crippen LogP contribution in [0.15, 0.2) is 0 Å². The van der Waals surface area contributed by atoms with Crippen LogP contribution in [0.4, 0.5) is 0 Å². The Bertz CT molecular complexity index is 576. The first-order chi connectivity index (χ1) is 13.5. The zero-order valence-electron chi connectivity index (χ0n) is 17.3. The Labute approximate surface area is 183 Å². The molecule has 11 heteroatoms. The lowest BCUT2D eigenvalue weighted by Gasteiger charge is -2.27. The number of rotatable bonds is 13. The lowest BCUT2D eigenvalue weighted by Crippen LogP contribution is -2.59. The van der Waals surface area contributed by atoms with Gasteiger partial charge in [0.2, 0.25) is 17.7 Å². The van der Waals surface area contributed by atoms with Gasteiger partial charge in [-0.25, -0.2) is 4.79 Å². The maximum absolute atomic E-state index is 12.8. The summed E-state index contributed by atoms with van der Waals surface area (Å²) in [6.45, 7) is 7.56. The minimum atomic E-state index is -1.23. The fourth-order valence-electron chi connectivity index (χ4n) is 2.49. The fourth-order valence-corrected chi connectivity index (χ4v) is 3.00. The minimum Gasteiger partial charge on any atom is -0.480 e. The lowest BCUT2D eigenvalue weighted by molar-refractivity contribution is -0.141. The molecule has 0 radical (unpaired) electrons. The van der Waals surface area contributed by atoms with Gasteiger partial charge in [-0.05, 0) is 18.3 Å².